The first-order valence-corrected chi connectivity index (χ1v) is 5.80. The van der Waals surface area contributed by atoms with Crippen LogP contribution in [0.2, 0.25) is 0 Å². The van der Waals surface area contributed by atoms with Crippen molar-refractivity contribution in [3.63, 3.8) is 0 Å². The molecule has 4 atom stereocenters. The summed E-state index contributed by atoms with van der Waals surface area (Å²) in [7, 11) is 0. The maximum absolute atomic E-state index is 3.71. The fraction of sp³-hybridized carbons (Fsp3) is 0.786. The smallest absolute Gasteiger partial charge is 0.00930 e. The van der Waals surface area contributed by atoms with Crippen LogP contribution in [0.5, 0.6) is 0 Å². The second-order valence-corrected chi connectivity index (χ2v) is 6.05. The summed E-state index contributed by atoms with van der Waals surface area (Å²) in [5.74, 6) is 2.53. The van der Waals surface area contributed by atoms with Crippen molar-refractivity contribution in [1.29, 1.82) is 0 Å². The van der Waals surface area contributed by atoms with Gasteiger partial charge in [0.15, 0.2) is 0 Å². The minimum absolute atomic E-state index is 0.480. The Morgan fingerprint density at radius 3 is 2.43 bits per heavy atom. The van der Waals surface area contributed by atoms with Crippen LogP contribution in [0.1, 0.15) is 40.5 Å². The number of rotatable bonds is 1. The fourth-order valence-electron chi connectivity index (χ4n) is 3.92. The second-order valence-electron chi connectivity index (χ2n) is 6.05. The summed E-state index contributed by atoms with van der Waals surface area (Å²) in [5.41, 5.74) is 3.98. The lowest BCUT2D eigenvalue weighted by atomic mass is 9.48. The van der Waals surface area contributed by atoms with Crippen LogP contribution in [-0.4, -0.2) is 0 Å². The van der Waals surface area contributed by atoms with Crippen molar-refractivity contribution in [2.75, 3.05) is 0 Å². The van der Waals surface area contributed by atoms with Crippen molar-refractivity contribution in [1.82, 2.24) is 0 Å². The molecule has 4 unspecified atom stereocenters. The van der Waals surface area contributed by atoms with Crippen molar-refractivity contribution in [2.24, 2.45) is 28.6 Å². The van der Waals surface area contributed by atoms with Gasteiger partial charge in [-0.1, -0.05) is 34.3 Å². The molecule has 14 heavy (non-hydrogen) atoms. The van der Waals surface area contributed by atoms with Crippen LogP contribution in [0.25, 0.3) is 0 Å². The monoisotopic (exact) mass is 190 g/mol. The van der Waals surface area contributed by atoms with E-state index in [4.69, 9.17) is 0 Å². The highest BCUT2D eigenvalue weighted by Gasteiger charge is 2.64. The van der Waals surface area contributed by atoms with Gasteiger partial charge in [0.25, 0.3) is 0 Å². The predicted octanol–water partition coefficient (Wildman–Crippen LogP) is 4.04. The van der Waals surface area contributed by atoms with Crippen molar-refractivity contribution in [2.45, 2.75) is 40.5 Å². The largest absolute Gasteiger partial charge is 0.133 e. The zero-order chi connectivity index (χ0) is 10.6. The minimum atomic E-state index is 0.480. The second kappa shape index (κ2) is 2.76. The topological polar surface area (TPSA) is 0 Å². The van der Waals surface area contributed by atoms with Gasteiger partial charge in [0.1, 0.15) is 0 Å². The van der Waals surface area contributed by atoms with E-state index in [1.807, 2.05) is 0 Å². The molecule has 0 heterocycles. The summed E-state index contributed by atoms with van der Waals surface area (Å²) in [6, 6.07) is 0. The van der Waals surface area contributed by atoms with Crippen LogP contribution in [0, 0.1) is 28.6 Å². The van der Waals surface area contributed by atoms with Gasteiger partial charge in [-0.05, 0) is 47.5 Å². The summed E-state index contributed by atoms with van der Waals surface area (Å²) in [6.07, 6.45) is 4.99. The molecule has 0 bridgehead atoms. The summed E-state index contributed by atoms with van der Waals surface area (Å²) < 4.78 is 0. The van der Waals surface area contributed by atoms with E-state index >= 15 is 0 Å². The van der Waals surface area contributed by atoms with Gasteiger partial charge in [0, 0.05) is 0 Å². The number of hydrogen-bond donors (Lipinski definition) is 0. The Kier molecular flexibility index (Phi) is 1.98. The number of fused-ring (bicyclic) bond motifs is 1. The Balaban J connectivity index is 2.33. The maximum atomic E-state index is 3.71. The van der Waals surface area contributed by atoms with Crippen LogP contribution < -0.4 is 0 Å². The lowest BCUT2D eigenvalue weighted by Gasteiger charge is -2.56. The van der Waals surface area contributed by atoms with E-state index in [1.54, 1.807) is 0 Å². The van der Waals surface area contributed by atoms with Crippen LogP contribution in [0.3, 0.4) is 0 Å². The van der Waals surface area contributed by atoms with Gasteiger partial charge in [-0.15, -0.1) is 5.73 Å². The van der Waals surface area contributed by atoms with E-state index in [1.165, 1.54) is 12.8 Å². The van der Waals surface area contributed by atoms with E-state index in [9.17, 15) is 0 Å². The quantitative estimate of drug-likeness (QED) is 0.547. The Bertz CT molecular complexity index is 293. The molecule has 2 rings (SSSR count). The van der Waals surface area contributed by atoms with E-state index in [0.29, 0.717) is 10.8 Å². The third-order valence-electron chi connectivity index (χ3n) is 5.73. The Morgan fingerprint density at radius 2 is 1.93 bits per heavy atom. The van der Waals surface area contributed by atoms with Gasteiger partial charge in [-0.2, -0.15) is 0 Å². The van der Waals surface area contributed by atoms with Gasteiger partial charge in [-0.3, -0.25) is 0 Å². The molecule has 0 radical (unpaired) electrons. The summed E-state index contributed by atoms with van der Waals surface area (Å²) >= 11 is 0. The molecule has 0 aromatic carbocycles. The van der Waals surface area contributed by atoms with Gasteiger partial charge in [0.05, 0.1) is 0 Å². The standard InChI is InChI=1S/C14H22/c1-6-7-11-9-12-8-10(2)13(3,4)14(11,12)5/h7,10-12H,1,8-9H2,2-5H3. The molecular formula is C14H22. The molecule has 0 spiro atoms. The summed E-state index contributed by atoms with van der Waals surface area (Å²) in [4.78, 5) is 0. The molecule has 0 heteroatoms. The highest BCUT2D eigenvalue weighted by atomic mass is 14.7. The minimum Gasteiger partial charge on any atom is -0.133 e. The van der Waals surface area contributed by atoms with Crippen molar-refractivity contribution in [3.05, 3.63) is 18.4 Å². The maximum Gasteiger partial charge on any atom is -0.00930 e. The first-order valence-electron chi connectivity index (χ1n) is 5.80. The molecule has 0 aromatic heterocycles. The molecule has 0 aliphatic heterocycles. The fourth-order valence-corrected chi connectivity index (χ4v) is 3.92. The van der Waals surface area contributed by atoms with Crippen molar-refractivity contribution < 1.29 is 0 Å². The molecule has 0 saturated heterocycles. The molecule has 0 nitrogen and oxygen atoms in total. The van der Waals surface area contributed by atoms with Gasteiger partial charge in [-0.25, -0.2) is 0 Å². The molecule has 78 valence electrons. The molecule has 2 aliphatic rings. The molecular weight excluding hydrogens is 168 g/mol. The average Bonchev–Trinajstić information content (AvgIpc) is 2.25. The number of hydrogen-bond acceptors (Lipinski definition) is 0. The molecule has 0 N–H and O–H groups in total. The number of allylic oxidation sites excluding steroid dienone is 1. The molecule has 2 fully saturated rings. The average molecular weight is 190 g/mol. The molecule has 0 amide bonds. The van der Waals surface area contributed by atoms with E-state index in [-0.39, 0.29) is 0 Å². The van der Waals surface area contributed by atoms with Crippen molar-refractivity contribution >= 4 is 0 Å². The van der Waals surface area contributed by atoms with E-state index in [2.05, 4.69) is 46.1 Å². The lowest BCUT2D eigenvalue weighted by Crippen LogP contribution is -2.50. The highest BCUT2D eigenvalue weighted by molar-refractivity contribution is 5.17. The molecule has 2 saturated carbocycles. The lowest BCUT2D eigenvalue weighted by molar-refractivity contribution is -0.0655. The third kappa shape index (κ3) is 0.906. The van der Waals surface area contributed by atoms with Crippen molar-refractivity contribution in [3.8, 4) is 0 Å². The van der Waals surface area contributed by atoms with Gasteiger partial charge in [0.2, 0.25) is 0 Å². The zero-order valence-electron chi connectivity index (χ0n) is 9.93. The Morgan fingerprint density at radius 1 is 1.29 bits per heavy atom. The molecule has 2 aliphatic carbocycles. The summed E-state index contributed by atoms with van der Waals surface area (Å²) in [5, 5.41) is 0. The van der Waals surface area contributed by atoms with E-state index < -0.39 is 0 Å². The van der Waals surface area contributed by atoms with Crippen LogP contribution in [0.4, 0.5) is 0 Å². The third-order valence-corrected chi connectivity index (χ3v) is 5.73. The first kappa shape index (κ1) is 10.1. The van der Waals surface area contributed by atoms with Crippen LogP contribution >= 0.6 is 0 Å². The Labute approximate surface area is 88.1 Å². The zero-order valence-corrected chi connectivity index (χ0v) is 9.93. The van der Waals surface area contributed by atoms with E-state index in [0.717, 1.165) is 17.8 Å². The first-order chi connectivity index (χ1) is 6.44. The normalized spacial score (nSPS) is 49.0. The summed E-state index contributed by atoms with van der Waals surface area (Å²) in [6.45, 7) is 13.5. The van der Waals surface area contributed by atoms with Gasteiger partial charge >= 0.3 is 0 Å². The molecule has 0 aromatic rings. The van der Waals surface area contributed by atoms with Crippen LogP contribution in [-0.2, 0) is 0 Å². The SMILES string of the molecule is C=C=CC1CC2CC(C)C(C)(C)C12C. The van der Waals surface area contributed by atoms with Gasteiger partial charge < -0.3 is 0 Å². The predicted molar refractivity (Wildman–Crippen MR) is 61.0 cm³/mol. The Hall–Kier alpha value is -0.480. The van der Waals surface area contributed by atoms with Crippen LogP contribution in [0.15, 0.2) is 18.4 Å². The highest BCUT2D eigenvalue weighted by Crippen LogP contribution is 2.71.